The van der Waals surface area contributed by atoms with Crippen molar-refractivity contribution in [2.45, 2.75) is 24.0 Å². The lowest BCUT2D eigenvalue weighted by Crippen LogP contribution is -2.36. The topological polar surface area (TPSA) is 75.7 Å². The van der Waals surface area contributed by atoms with Crippen molar-refractivity contribution < 1.29 is 17.9 Å². The van der Waals surface area contributed by atoms with Crippen LogP contribution in [0.3, 0.4) is 0 Å². The van der Waals surface area contributed by atoms with E-state index in [1.54, 1.807) is 0 Å². The van der Waals surface area contributed by atoms with E-state index in [4.69, 9.17) is 4.74 Å². The predicted molar refractivity (Wildman–Crippen MR) is 98.4 cm³/mol. The molecule has 1 atom stereocenters. The number of nitrogens with zero attached hydrogens (tertiary/aromatic N) is 1. The number of hydrogen-bond donors (Lipinski definition) is 1. The number of nitrogens with one attached hydrogen (secondary N) is 1. The van der Waals surface area contributed by atoms with E-state index in [1.807, 2.05) is 18.2 Å². The summed E-state index contributed by atoms with van der Waals surface area (Å²) < 4.78 is 31.0. The van der Waals surface area contributed by atoms with Gasteiger partial charge >= 0.3 is 0 Å². The zero-order valence-corrected chi connectivity index (χ0v) is 15.6. The Morgan fingerprint density at radius 3 is 2.42 bits per heavy atom. The van der Waals surface area contributed by atoms with Crippen molar-refractivity contribution in [3.8, 4) is 0 Å². The monoisotopic (exact) mass is 374 g/mol. The first kappa shape index (κ1) is 18.6. The van der Waals surface area contributed by atoms with E-state index in [2.05, 4.69) is 11.4 Å². The van der Waals surface area contributed by atoms with Gasteiger partial charge in [0, 0.05) is 32.6 Å². The number of carbonyl (C=O) groups is 1. The van der Waals surface area contributed by atoms with E-state index in [1.165, 1.54) is 49.5 Å². The maximum atomic E-state index is 12.3. The standard InChI is InChI=1S/C19H22N2O4S/c1-21(2)26(23,24)18-9-7-14(8-10-18)19(22)20-12-17-11-15-5-3-4-6-16(15)13-25-17/h3-10,17H,11-13H2,1-2H3,(H,20,22). The van der Waals surface area contributed by atoms with Gasteiger partial charge in [-0.15, -0.1) is 0 Å². The molecule has 1 heterocycles. The molecule has 6 nitrogen and oxygen atoms in total. The smallest absolute Gasteiger partial charge is 0.251 e. The Morgan fingerprint density at radius 2 is 1.77 bits per heavy atom. The van der Waals surface area contributed by atoms with E-state index in [0.29, 0.717) is 18.7 Å². The van der Waals surface area contributed by atoms with E-state index < -0.39 is 10.0 Å². The average molecular weight is 374 g/mol. The number of fused-ring (bicyclic) bond motifs is 1. The van der Waals surface area contributed by atoms with Gasteiger partial charge in [-0.1, -0.05) is 24.3 Å². The maximum absolute atomic E-state index is 12.3. The summed E-state index contributed by atoms with van der Waals surface area (Å²) in [5.41, 5.74) is 2.85. The summed E-state index contributed by atoms with van der Waals surface area (Å²) in [5, 5.41) is 2.86. The van der Waals surface area contributed by atoms with Gasteiger partial charge in [0.2, 0.25) is 10.0 Å². The Morgan fingerprint density at radius 1 is 1.12 bits per heavy atom. The minimum atomic E-state index is -3.50. The van der Waals surface area contributed by atoms with Gasteiger partial charge < -0.3 is 10.1 Å². The number of rotatable bonds is 5. The molecule has 2 aromatic carbocycles. The summed E-state index contributed by atoms with van der Waals surface area (Å²) >= 11 is 0. The fraction of sp³-hybridized carbons (Fsp3) is 0.316. The average Bonchev–Trinajstić information content (AvgIpc) is 2.66. The molecule has 0 bridgehead atoms. The second-order valence-corrected chi connectivity index (χ2v) is 8.58. The van der Waals surface area contributed by atoms with Crippen LogP contribution in [-0.4, -0.2) is 45.4 Å². The molecule has 1 unspecified atom stereocenters. The van der Waals surface area contributed by atoms with Crippen LogP contribution in [0, 0.1) is 0 Å². The lowest BCUT2D eigenvalue weighted by molar-refractivity contribution is 0.0285. The van der Waals surface area contributed by atoms with Gasteiger partial charge in [0.05, 0.1) is 17.6 Å². The molecule has 26 heavy (non-hydrogen) atoms. The third-order valence-corrected chi connectivity index (χ3v) is 6.26. The van der Waals surface area contributed by atoms with Crippen LogP contribution < -0.4 is 5.32 Å². The molecule has 0 saturated heterocycles. The van der Waals surface area contributed by atoms with Crippen molar-refractivity contribution in [1.29, 1.82) is 0 Å². The predicted octanol–water partition coefficient (Wildman–Crippen LogP) is 1.81. The largest absolute Gasteiger partial charge is 0.371 e. The molecule has 138 valence electrons. The minimum Gasteiger partial charge on any atom is -0.371 e. The minimum absolute atomic E-state index is 0.0674. The van der Waals surface area contributed by atoms with E-state index in [0.717, 1.165) is 10.7 Å². The number of ether oxygens (including phenoxy) is 1. The van der Waals surface area contributed by atoms with E-state index >= 15 is 0 Å². The van der Waals surface area contributed by atoms with Crippen LogP contribution in [0.5, 0.6) is 0 Å². The number of carbonyl (C=O) groups excluding carboxylic acids is 1. The fourth-order valence-electron chi connectivity index (χ4n) is 2.84. The summed E-state index contributed by atoms with van der Waals surface area (Å²) in [6.07, 6.45) is 0.693. The van der Waals surface area contributed by atoms with Crippen molar-refractivity contribution in [2.75, 3.05) is 20.6 Å². The normalized spacial score (nSPS) is 17.0. The molecule has 1 aliphatic heterocycles. The van der Waals surface area contributed by atoms with Crippen LogP contribution >= 0.6 is 0 Å². The molecular formula is C19H22N2O4S. The second kappa shape index (κ2) is 7.57. The van der Waals surface area contributed by atoms with Crippen LogP contribution in [-0.2, 0) is 27.8 Å². The number of hydrogen-bond acceptors (Lipinski definition) is 4. The molecule has 0 aliphatic carbocycles. The molecule has 0 saturated carbocycles. The number of sulfonamides is 1. The summed E-state index contributed by atoms with van der Waals surface area (Å²) in [6.45, 7) is 0.957. The third-order valence-electron chi connectivity index (χ3n) is 4.43. The molecule has 0 aromatic heterocycles. The molecule has 1 N–H and O–H groups in total. The highest BCUT2D eigenvalue weighted by atomic mass is 32.2. The lowest BCUT2D eigenvalue weighted by atomic mass is 9.99. The van der Waals surface area contributed by atoms with Crippen molar-refractivity contribution in [3.05, 3.63) is 65.2 Å². The highest BCUT2D eigenvalue weighted by Gasteiger charge is 2.20. The Labute approximate surface area is 153 Å². The molecular weight excluding hydrogens is 352 g/mol. The molecule has 0 radical (unpaired) electrons. The molecule has 3 rings (SSSR count). The quantitative estimate of drug-likeness (QED) is 0.866. The van der Waals surface area contributed by atoms with Crippen molar-refractivity contribution >= 4 is 15.9 Å². The Bertz CT molecular complexity index is 892. The molecule has 0 fully saturated rings. The van der Waals surface area contributed by atoms with Crippen LogP contribution in [0.2, 0.25) is 0 Å². The molecule has 1 aliphatic rings. The SMILES string of the molecule is CN(C)S(=O)(=O)c1ccc(C(=O)NCC2Cc3ccccc3CO2)cc1. The highest BCUT2D eigenvalue weighted by Crippen LogP contribution is 2.20. The van der Waals surface area contributed by atoms with Crippen LogP contribution in [0.4, 0.5) is 0 Å². The van der Waals surface area contributed by atoms with Gasteiger partial charge in [-0.25, -0.2) is 12.7 Å². The third kappa shape index (κ3) is 3.95. The first-order chi connectivity index (χ1) is 12.4. The van der Waals surface area contributed by atoms with E-state index in [-0.39, 0.29) is 16.9 Å². The summed E-state index contributed by atoms with van der Waals surface area (Å²) in [7, 11) is -0.555. The summed E-state index contributed by atoms with van der Waals surface area (Å²) in [4.78, 5) is 12.5. The number of benzene rings is 2. The van der Waals surface area contributed by atoms with Crippen LogP contribution in [0.25, 0.3) is 0 Å². The van der Waals surface area contributed by atoms with Crippen LogP contribution in [0.15, 0.2) is 53.4 Å². The van der Waals surface area contributed by atoms with Crippen molar-refractivity contribution in [3.63, 3.8) is 0 Å². The Kier molecular flexibility index (Phi) is 5.41. The lowest BCUT2D eigenvalue weighted by Gasteiger charge is -2.25. The highest BCUT2D eigenvalue weighted by molar-refractivity contribution is 7.89. The molecule has 0 spiro atoms. The molecule has 1 amide bonds. The van der Waals surface area contributed by atoms with Crippen molar-refractivity contribution in [2.24, 2.45) is 0 Å². The Balaban J connectivity index is 1.59. The van der Waals surface area contributed by atoms with Gasteiger partial charge in [0.25, 0.3) is 5.91 Å². The van der Waals surface area contributed by atoms with E-state index in [9.17, 15) is 13.2 Å². The zero-order valence-electron chi connectivity index (χ0n) is 14.8. The number of amides is 1. The van der Waals surface area contributed by atoms with Gasteiger partial charge in [0.15, 0.2) is 0 Å². The van der Waals surface area contributed by atoms with Gasteiger partial charge in [0.1, 0.15) is 0 Å². The summed E-state index contributed by atoms with van der Waals surface area (Å²) in [6, 6.07) is 14.0. The second-order valence-electron chi connectivity index (χ2n) is 6.43. The summed E-state index contributed by atoms with van der Waals surface area (Å²) in [5.74, 6) is -0.249. The first-order valence-corrected chi connectivity index (χ1v) is 9.81. The van der Waals surface area contributed by atoms with Gasteiger partial charge in [-0.3, -0.25) is 4.79 Å². The van der Waals surface area contributed by atoms with Gasteiger partial charge in [-0.05, 0) is 35.4 Å². The van der Waals surface area contributed by atoms with Crippen molar-refractivity contribution in [1.82, 2.24) is 9.62 Å². The Hall–Kier alpha value is -2.22. The molecule has 7 heteroatoms. The maximum Gasteiger partial charge on any atom is 0.251 e. The zero-order chi connectivity index (χ0) is 18.7. The molecule has 2 aromatic rings. The van der Waals surface area contributed by atoms with Crippen LogP contribution in [0.1, 0.15) is 21.5 Å². The first-order valence-electron chi connectivity index (χ1n) is 8.37. The fourth-order valence-corrected chi connectivity index (χ4v) is 3.74. The van der Waals surface area contributed by atoms with Gasteiger partial charge in [-0.2, -0.15) is 0 Å².